The minimum atomic E-state index is 0.226. The van der Waals surface area contributed by atoms with Crippen LogP contribution in [-0.4, -0.2) is 5.71 Å². The Morgan fingerprint density at radius 2 is 1.64 bits per heavy atom. The third-order valence-electron chi connectivity index (χ3n) is 3.56. The minimum absolute atomic E-state index is 0.226. The summed E-state index contributed by atoms with van der Waals surface area (Å²) in [6, 6.07) is 18.7. The third-order valence-corrected chi connectivity index (χ3v) is 3.56. The van der Waals surface area contributed by atoms with Gasteiger partial charge in [-0.25, -0.2) is 0 Å². The number of rotatable bonds is 5. The minimum Gasteiger partial charge on any atom is -0.254 e. The highest BCUT2D eigenvalue weighted by Crippen LogP contribution is 2.24. The van der Waals surface area contributed by atoms with Crippen LogP contribution in [0.4, 0.5) is 5.69 Å². The molecule has 0 aliphatic heterocycles. The third kappa shape index (κ3) is 4.56. The molecule has 0 saturated carbocycles. The molecule has 1 heteroatoms. The molecular weight excluding hydrogens is 266 g/mol. The van der Waals surface area contributed by atoms with Crippen LogP contribution >= 0.6 is 0 Å². The van der Waals surface area contributed by atoms with Crippen LogP contribution < -0.4 is 0 Å². The summed E-state index contributed by atoms with van der Waals surface area (Å²) in [4.78, 5) is 4.63. The summed E-state index contributed by atoms with van der Waals surface area (Å²) < 4.78 is 0. The molecule has 0 aliphatic rings. The Hall–Kier alpha value is -2.41. The molecular formula is C21H23N. The highest BCUT2D eigenvalue weighted by atomic mass is 14.7. The number of hydrogen-bond donors (Lipinski definition) is 0. The maximum Gasteiger partial charge on any atom is 0.0633 e. The quantitative estimate of drug-likeness (QED) is 0.472. The Kier molecular flexibility index (Phi) is 5.48. The molecule has 2 rings (SSSR count). The highest BCUT2D eigenvalue weighted by molar-refractivity contribution is 5.94. The second-order valence-electron chi connectivity index (χ2n) is 5.68. The Morgan fingerprint density at radius 1 is 1.00 bits per heavy atom. The second kappa shape index (κ2) is 7.56. The molecule has 2 aromatic rings. The van der Waals surface area contributed by atoms with Gasteiger partial charge in [-0.2, -0.15) is 0 Å². The highest BCUT2D eigenvalue weighted by Gasteiger charge is 2.07. The van der Waals surface area contributed by atoms with Crippen LogP contribution in [0.5, 0.6) is 0 Å². The lowest BCUT2D eigenvalue weighted by Crippen LogP contribution is -1.97. The van der Waals surface area contributed by atoms with E-state index in [0.29, 0.717) is 0 Å². The zero-order valence-corrected chi connectivity index (χ0v) is 13.6. The zero-order chi connectivity index (χ0) is 15.9. The van der Waals surface area contributed by atoms with Gasteiger partial charge >= 0.3 is 0 Å². The molecule has 112 valence electrons. The molecule has 0 fully saturated rings. The first-order chi connectivity index (χ1) is 10.6. The number of allylic oxidation sites excluding steroid dienone is 3. The predicted molar refractivity (Wildman–Crippen MR) is 97.1 cm³/mol. The Balaban J connectivity index is 2.17. The Labute approximate surface area is 133 Å². The van der Waals surface area contributed by atoms with Crippen LogP contribution in [0.25, 0.3) is 0 Å². The van der Waals surface area contributed by atoms with E-state index in [1.165, 1.54) is 11.1 Å². The van der Waals surface area contributed by atoms with Crippen molar-refractivity contribution in [1.82, 2.24) is 0 Å². The van der Waals surface area contributed by atoms with E-state index in [1.54, 1.807) is 0 Å². The predicted octanol–water partition coefficient (Wildman–Crippen LogP) is 6.00. The van der Waals surface area contributed by atoms with Gasteiger partial charge in [-0.1, -0.05) is 66.3 Å². The zero-order valence-electron chi connectivity index (χ0n) is 13.6. The Morgan fingerprint density at radius 3 is 2.23 bits per heavy atom. The van der Waals surface area contributed by atoms with Crippen LogP contribution in [-0.2, 0) is 0 Å². The van der Waals surface area contributed by atoms with E-state index in [0.717, 1.165) is 17.0 Å². The van der Waals surface area contributed by atoms with Crippen LogP contribution in [0, 0.1) is 6.92 Å². The number of benzene rings is 2. The van der Waals surface area contributed by atoms with E-state index in [4.69, 9.17) is 0 Å². The summed E-state index contributed by atoms with van der Waals surface area (Å²) in [6.07, 6.45) is 4.25. The summed E-state index contributed by atoms with van der Waals surface area (Å²) >= 11 is 0. The van der Waals surface area contributed by atoms with Gasteiger partial charge in [0.1, 0.15) is 0 Å². The van der Waals surface area contributed by atoms with Gasteiger partial charge in [0.2, 0.25) is 0 Å². The van der Waals surface area contributed by atoms with Crippen molar-refractivity contribution in [3.05, 3.63) is 90.0 Å². The van der Waals surface area contributed by atoms with Crippen molar-refractivity contribution in [3.8, 4) is 0 Å². The summed E-state index contributed by atoms with van der Waals surface area (Å²) in [7, 11) is 0. The molecule has 0 aliphatic carbocycles. The monoisotopic (exact) mass is 289 g/mol. The molecule has 2 aromatic carbocycles. The average molecular weight is 289 g/mol. The number of nitrogens with zero attached hydrogens (tertiary/aromatic N) is 1. The molecule has 0 N–H and O–H groups in total. The molecule has 22 heavy (non-hydrogen) atoms. The van der Waals surface area contributed by atoms with Crippen LogP contribution in [0.3, 0.4) is 0 Å². The maximum absolute atomic E-state index is 4.63. The smallest absolute Gasteiger partial charge is 0.0633 e. The van der Waals surface area contributed by atoms with E-state index in [2.05, 4.69) is 74.0 Å². The summed E-state index contributed by atoms with van der Waals surface area (Å²) in [6.45, 7) is 10.3. The Bertz CT molecular complexity index is 676. The summed E-state index contributed by atoms with van der Waals surface area (Å²) in [5.74, 6) is 0.226. The number of aryl methyl sites for hydroxylation is 1. The second-order valence-corrected chi connectivity index (χ2v) is 5.68. The molecule has 0 bridgehead atoms. The van der Waals surface area contributed by atoms with E-state index >= 15 is 0 Å². The summed E-state index contributed by atoms with van der Waals surface area (Å²) in [5, 5.41) is 0. The van der Waals surface area contributed by atoms with Crippen LogP contribution in [0.1, 0.15) is 30.9 Å². The first kappa shape index (κ1) is 16.0. The van der Waals surface area contributed by atoms with Gasteiger partial charge in [0.15, 0.2) is 0 Å². The van der Waals surface area contributed by atoms with Crippen molar-refractivity contribution in [2.45, 2.75) is 26.7 Å². The van der Waals surface area contributed by atoms with E-state index in [-0.39, 0.29) is 5.92 Å². The molecule has 1 unspecified atom stereocenters. The lowest BCUT2D eigenvalue weighted by atomic mass is 9.92. The lowest BCUT2D eigenvalue weighted by molar-refractivity contribution is 0.998. The van der Waals surface area contributed by atoms with Crippen molar-refractivity contribution >= 4 is 11.4 Å². The standard InChI is InChI=1S/C21H23N/c1-16(2)21(19-8-6-5-7-9-19)15-12-18(4)22-20-13-10-17(3)11-14-20/h5-15,21H,1H2,2-4H3/b15-12-,22-18?. The molecule has 0 amide bonds. The number of hydrogen-bond acceptors (Lipinski definition) is 1. The molecule has 0 radical (unpaired) electrons. The van der Waals surface area contributed by atoms with Gasteiger partial charge < -0.3 is 0 Å². The van der Waals surface area contributed by atoms with Gasteiger partial charge in [0, 0.05) is 11.6 Å². The van der Waals surface area contributed by atoms with E-state index in [9.17, 15) is 0 Å². The normalized spacial score (nSPS) is 13.3. The molecule has 0 aromatic heterocycles. The van der Waals surface area contributed by atoms with Crippen molar-refractivity contribution in [2.24, 2.45) is 4.99 Å². The van der Waals surface area contributed by atoms with Gasteiger partial charge in [0.05, 0.1) is 5.69 Å². The van der Waals surface area contributed by atoms with Gasteiger partial charge in [-0.3, -0.25) is 4.99 Å². The van der Waals surface area contributed by atoms with Crippen molar-refractivity contribution in [1.29, 1.82) is 0 Å². The molecule has 0 spiro atoms. The lowest BCUT2D eigenvalue weighted by Gasteiger charge is -2.13. The maximum atomic E-state index is 4.63. The SMILES string of the molecule is C=C(C)C(/C=C\C(C)=Nc1ccc(C)cc1)c1ccccc1. The number of aliphatic imine (C=N–C) groups is 1. The fourth-order valence-electron chi connectivity index (χ4n) is 2.32. The van der Waals surface area contributed by atoms with Crippen LogP contribution in [0.15, 0.2) is 83.9 Å². The van der Waals surface area contributed by atoms with E-state index in [1.807, 2.05) is 25.1 Å². The first-order valence-electron chi connectivity index (χ1n) is 7.57. The van der Waals surface area contributed by atoms with Crippen molar-refractivity contribution in [2.75, 3.05) is 0 Å². The van der Waals surface area contributed by atoms with Gasteiger partial charge in [-0.15, -0.1) is 0 Å². The topological polar surface area (TPSA) is 12.4 Å². The van der Waals surface area contributed by atoms with Gasteiger partial charge in [0.25, 0.3) is 0 Å². The molecule has 1 nitrogen and oxygen atoms in total. The molecule has 0 heterocycles. The fourth-order valence-corrected chi connectivity index (χ4v) is 2.32. The van der Waals surface area contributed by atoms with Crippen LogP contribution in [0.2, 0.25) is 0 Å². The average Bonchev–Trinajstić information content (AvgIpc) is 2.50. The van der Waals surface area contributed by atoms with Crippen molar-refractivity contribution in [3.63, 3.8) is 0 Å². The largest absolute Gasteiger partial charge is 0.254 e. The molecule has 1 atom stereocenters. The summed E-state index contributed by atoms with van der Waals surface area (Å²) in [5.41, 5.74) is 5.61. The van der Waals surface area contributed by atoms with Gasteiger partial charge in [-0.05, 0) is 44.5 Å². The first-order valence-corrected chi connectivity index (χ1v) is 7.57. The van der Waals surface area contributed by atoms with Crippen molar-refractivity contribution < 1.29 is 0 Å². The fraction of sp³-hybridized carbons (Fsp3) is 0.190. The molecule has 0 saturated heterocycles. The van der Waals surface area contributed by atoms with E-state index < -0.39 is 0 Å².